The Bertz CT molecular complexity index is 562. The SMILES string of the molecule is Cc1cc(C#N)ccc1CN1CCCC(C)(C(=O)O)C1. The molecule has 1 aliphatic heterocycles. The summed E-state index contributed by atoms with van der Waals surface area (Å²) in [6.07, 6.45) is 1.66. The number of nitriles is 1. The van der Waals surface area contributed by atoms with E-state index in [4.69, 9.17) is 5.26 Å². The maximum Gasteiger partial charge on any atom is 0.310 e. The molecule has 0 saturated carbocycles. The summed E-state index contributed by atoms with van der Waals surface area (Å²) in [6, 6.07) is 7.81. The second-order valence-corrected chi connectivity index (χ2v) is 5.93. The summed E-state index contributed by atoms with van der Waals surface area (Å²) in [7, 11) is 0. The van der Waals surface area contributed by atoms with Gasteiger partial charge in [0.2, 0.25) is 0 Å². The normalized spacial score (nSPS) is 23.2. The molecule has 0 radical (unpaired) electrons. The summed E-state index contributed by atoms with van der Waals surface area (Å²) in [5, 5.41) is 18.2. The number of carbonyl (C=O) groups is 1. The fourth-order valence-corrected chi connectivity index (χ4v) is 2.84. The first-order valence-electron chi connectivity index (χ1n) is 6.90. The van der Waals surface area contributed by atoms with Crippen LogP contribution in [0.5, 0.6) is 0 Å². The van der Waals surface area contributed by atoms with Crippen molar-refractivity contribution in [3.8, 4) is 6.07 Å². The number of hydrogen-bond donors (Lipinski definition) is 1. The van der Waals surface area contributed by atoms with Crippen LogP contribution in [0, 0.1) is 23.7 Å². The first-order valence-corrected chi connectivity index (χ1v) is 6.90. The lowest BCUT2D eigenvalue weighted by Crippen LogP contribution is -2.45. The fraction of sp³-hybridized carbons (Fsp3) is 0.500. The van der Waals surface area contributed by atoms with Crippen LogP contribution in [0.1, 0.15) is 36.5 Å². The van der Waals surface area contributed by atoms with Gasteiger partial charge >= 0.3 is 5.97 Å². The Morgan fingerprint density at radius 1 is 1.55 bits per heavy atom. The molecule has 4 heteroatoms. The molecule has 1 aromatic rings. The molecule has 2 rings (SSSR count). The lowest BCUT2D eigenvalue weighted by Gasteiger charge is -2.37. The minimum absolute atomic E-state index is 0.585. The maximum atomic E-state index is 11.4. The van der Waals surface area contributed by atoms with Crippen LogP contribution in [0.25, 0.3) is 0 Å². The smallest absolute Gasteiger partial charge is 0.310 e. The number of aliphatic carboxylic acids is 1. The van der Waals surface area contributed by atoms with Gasteiger partial charge in [-0.3, -0.25) is 9.69 Å². The summed E-state index contributed by atoms with van der Waals surface area (Å²) in [5.41, 5.74) is 2.28. The molecule has 1 unspecified atom stereocenters. The Labute approximate surface area is 119 Å². The van der Waals surface area contributed by atoms with Gasteiger partial charge in [-0.1, -0.05) is 6.07 Å². The Balaban J connectivity index is 2.11. The van der Waals surface area contributed by atoms with E-state index in [2.05, 4.69) is 11.0 Å². The van der Waals surface area contributed by atoms with Crippen molar-refractivity contribution in [1.29, 1.82) is 5.26 Å². The van der Waals surface area contributed by atoms with Crippen LogP contribution in [0.15, 0.2) is 18.2 Å². The first kappa shape index (κ1) is 14.5. The van der Waals surface area contributed by atoms with Crippen LogP contribution in [0.4, 0.5) is 0 Å². The first-order chi connectivity index (χ1) is 9.44. The third kappa shape index (κ3) is 3.00. The third-order valence-corrected chi connectivity index (χ3v) is 4.16. The van der Waals surface area contributed by atoms with Crippen LogP contribution >= 0.6 is 0 Å². The second kappa shape index (κ2) is 5.64. The van der Waals surface area contributed by atoms with Crippen LogP contribution in [0.2, 0.25) is 0 Å². The van der Waals surface area contributed by atoms with E-state index in [9.17, 15) is 9.90 Å². The van der Waals surface area contributed by atoms with Crippen molar-refractivity contribution in [3.05, 3.63) is 34.9 Å². The van der Waals surface area contributed by atoms with E-state index in [0.717, 1.165) is 31.5 Å². The summed E-state index contributed by atoms with van der Waals surface area (Å²) >= 11 is 0. The average molecular weight is 272 g/mol. The predicted molar refractivity (Wildman–Crippen MR) is 76.1 cm³/mol. The zero-order valence-electron chi connectivity index (χ0n) is 12.0. The molecule has 1 saturated heterocycles. The van der Waals surface area contributed by atoms with Crippen molar-refractivity contribution in [1.82, 2.24) is 4.90 Å². The Morgan fingerprint density at radius 3 is 2.90 bits per heavy atom. The zero-order valence-corrected chi connectivity index (χ0v) is 12.0. The third-order valence-electron chi connectivity index (χ3n) is 4.16. The topological polar surface area (TPSA) is 64.3 Å². The second-order valence-electron chi connectivity index (χ2n) is 5.93. The van der Waals surface area contributed by atoms with Gasteiger partial charge in [-0.05, 0) is 56.5 Å². The van der Waals surface area contributed by atoms with E-state index in [1.807, 2.05) is 32.0 Å². The lowest BCUT2D eigenvalue weighted by atomic mass is 9.82. The summed E-state index contributed by atoms with van der Waals surface area (Å²) < 4.78 is 0. The highest BCUT2D eigenvalue weighted by Crippen LogP contribution is 2.30. The Hall–Kier alpha value is -1.86. The molecule has 1 aromatic carbocycles. The maximum absolute atomic E-state index is 11.4. The van der Waals surface area contributed by atoms with Gasteiger partial charge in [0, 0.05) is 13.1 Å². The van der Waals surface area contributed by atoms with E-state index >= 15 is 0 Å². The van der Waals surface area contributed by atoms with Gasteiger partial charge in [0.1, 0.15) is 0 Å². The lowest BCUT2D eigenvalue weighted by molar-refractivity contribution is -0.151. The molecule has 106 valence electrons. The molecule has 1 N–H and O–H groups in total. The number of carboxylic acid groups (broad SMARTS) is 1. The van der Waals surface area contributed by atoms with Crippen molar-refractivity contribution in [2.24, 2.45) is 5.41 Å². The molecular weight excluding hydrogens is 252 g/mol. The number of benzene rings is 1. The standard InChI is InChI=1S/C16H20N2O2/c1-12-8-13(9-17)4-5-14(12)10-18-7-3-6-16(2,11-18)15(19)20/h4-5,8H,3,6-7,10-11H2,1-2H3,(H,19,20). The van der Waals surface area contributed by atoms with Crippen molar-refractivity contribution < 1.29 is 9.90 Å². The number of hydrogen-bond acceptors (Lipinski definition) is 3. The van der Waals surface area contributed by atoms with E-state index in [1.165, 1.54) is 5.56 Å². The molecular formula is C16H20N2O2. The number of rotatable bonds is 3. The van der Waals surface area contributed by atoms with Crippen LogP contribution in [-0.4, -0.2) is 29.1 Å². The highest BCUT2D eigenvalue weighted by Gasteiger charge is 2.37. The molecule has 0 spiro atoms. The average Bonchev–Trinajstić information content (AvgIpc) is 2.41. The van der Waals surface area contributed by atoms with E-state index in [-0.39, 0.29) is 0 Å². The molecule has 0 aromatic heterocycles. The van der Waals surface area contributed by atoms with Gasteiger partial charge in [0.25, 0.3) is 0 Å². The fourth-order valence-electron chi connectivity index (χ4n) is 2.84. The molecule has 20 heavy (non-hydrogen) atoms. The largest absolute Gasteiger partial charge is 0.481 e. The number of carboxylic acids is 1. The van der Waals surface area contributed by atoms with Crippen LogP contribution in [0.3, 0.4) is 0 Å². The Kier molecular flexibility index (Phi) is 4.10. The molecule has 1 atom stereocenters. The predicted octanol–water partition coefficient (Wildman–Crippen LogP) is 2.55. The van der Waals surface area contributed by atoms with Crippen molar-refractivity contribution >= 4 is 5.97 Å². The molecule has 4 nitrogen and oxygen atoms in total. The number of nitrogens with zero attached hydrogens (tertiary/aromatic N) is 2. The Morgan fingerprint density at radius 2 is 2.30 bits per heavy atom. The molecule has 1 aliphatic rings. The minimum Gasteiger partial charge on any atom is -0.481 e. The van der Waals surface area contributed by atoms with Crippen molar-refractivity contribution in [2.75, 3.05) is 13.1 Å². The van der Waals surface area contributed by atoms with E-state index in [1.54, 1.807) is 0 Å². The van der Waals surface area contributed by atoms with E-state index < -0.39 is 11.4 Å². The molecule has 1 fully saturated rings. The molecule has 0 aliphatic carbocycles. The van der Waals surface area contributed by atoms with Gasteiger partial charge < -0.3 is 5.11 Å². The number of likely N-dealkylation sites (tertiary alicyclic amines) is 1. The summed E-state index contributed by atoms with van der Waals surface area (Å²) in [5.74, 6) is -0.709. The van der Waals surface area contributed by atoms with Crippen LogP contribution in [-0.2, 0) is 11.3 Å². The van der Waals surface area contributed by atoms with Crippen molar-refractivity contribution in [2.45, 2.75) is 33.2 Å². The summed E-state index contributed by atoms with van der Waals surface area (Å²) in [6.45, 7) is 6.09. The van der Waals surface area contributed by atoms with Gasteiger partial charge in [-0.2, -0.15) is 5.26 Å². The highest BCUT2D eigenvalue weighted by molar-refractivity contribution is 5.74. The highest BCUT2D eigenvalue weighted by atomic mass is 16.4. The molecule has 0 bridgehead atoms. The van der Waals surface area contributed by atoms with Gasteiger partial charge in [-0.15, -0.1) is 0 Å². The van der Waals surface area contributed by atoms with Gasteiger partial charge in [-0.25, -0.2) is 0 Å². The summed E-state index contributed by atoms with van der Waals surface area (Å²) in [4.78, 5) is 13.6. The zero-order chi connectivity index (χ0) is 14.8. The molecule has 1 heterocycles. The minimum atomic E-state index is -0.709. The number of aryl methyl sites for hydroxylation is 1. The van der Waals surface area contributed by atoms with Gasteiger partial charge in [0.05, 0.1) is 17.0 Å². The van der Waals surface area contributed by atoms with Crippen LogP contribution < -0.4 is 0 Å². The van der Waals surface area contributed by atoms with Gasteiger partial charge in [0.15, 0.2) is 0 Å². The molecule has 0 amide bonds. The van der Waals surface area contributed by atoms with E-state index in [0.29, 0.717) is 12.1 Å². The van der Waals surface area contributed by atoms with Crippen molar-refractivity contribution in [3.63, 3.8) is 0 Å². The monoisotopic (exact) mass is 272 g/mol. The number of piperidine rings is 1. The quantitative estimate of drug-likeness (QED) is 0.918.